The van der Waals surface area contributed by atoms with Gasteiger partial charge in [0.2, 0.25) is 11.8 Å². The molecule has 1 aromatic carbocycles. The summed E-state index contributed by atoms with van der Waals surface area (Å²) in [7, 11) is 0. The number of nitrogens with one attached hydrogen (secondary N) is 2. The highest BCUT2D eigenvalue weighted by molar-refractivity contribution is 5.92. The van der Waals surface area contributed by atoms with Crippen molar-refractivity contribution in [3.8, 4) is 0 Å². The van der Waals surface area contributed by atoms with Crippen molar-refractivity contribution in [1.29, 1.82) is 0 Å². The smallest absolute Gasteiger partial charge is 0.408 e. The van der Waals surface area contributed by atoms with Gasteiger partial charge in [-0.1, -0.05) is 25.1 Å². The predicted molar refractivity (Wildman–Crippen MR) is 129 cm³/mol. The highest BCUT2D eigenvalue weighted by Gasteiger charge is 2.37. The van der Waals surface area contributed by atoms with Crippen molar-refractivity contribution in [2.24, 2.45) is 0 Å². The van der Waals surface area contributed by atoms with E-state index in [1.54, 1.807) is 20.8 Å². The molecule has 0 bridgehead atoms. The van der Waals surface area contributed by atoms with E-state index in [1.165, 1.54) is 4.90 Å². The number of hydrogen-bond acceptors (Lipinski definition) is 5. The molecule has 0 saturated carbocycles. The molecule has 0 radical (unpaired) electrons. The molecule has 0 aliphatic rings. The summed E-state index contributed by atoms with van der Waals surface area (Å²) in [6.45, 7) is 16.1. The van der Waals surface area contributed by atoms with E-state index in [2.05, 4.69) is 10.6 Å². The number of aryl methyl sites for hydroxylation is 1. The van der Waals surface area contributed by atoms with Crippen LogP contribution >= 0.6 is 0 Å². The van der Waals surface area contributed by atoms with Crippen LogP contribution in [0.3, 0.4) is 0 Å². The summed E-state index contributed by atoms with van der Waals surface area (Å²) >= 11 is 0. The molecule has 1 aromatic rings. The summed E-state index contributed by atoms with van der Waals surface area (Å²) in [5.74, 6) is -0.882. The number of nitrogens with zero attached hydrogens (tertiary/aromatic N) is 1. The molecule has 2 atom stereocenters. The Hall–Kier alpha value is -2.61. The monoisotopic (exact) mass is 463 g/mol. The molecule has 33 heavy (non-hydrogen) atoms. The number of alkyl carbamates (subject to hydrolysis) is 1. The first kappa shape index (κ1) is 28.4. The second-order valence-electron chi connectivity index (χ2n) is 10.3. The maximum Gasteiger partial charge on any atom is 0.408 e. The second kappa shape index (κ2) is 11.5. The minimum Gasteiger partial charge on any atom is -0.444 e. The number of ether oxygens (including phenoxy) is 1. The average Bonchev–Trinajstić information content (AvgIpc) is 2.65. The quantitative estimate of drug-likeness (QED) is 0.548. The van der Waals surface area contributed by atoms with E-state index >= 15 is 0 Å². The summed E-state index contributed by atoms with van der Waals surface area (Å²) in [6, 6.07) is 3.46. The molecule has 1 rings (SSSR count). The van der Waals surface area contributed by atoms with E-state index in [0.717, 1.165) is 11.1 Å². The zero-order chi connectivity index (χ0) is 25.6. The van der Waals surface area contributed by atoms with Crippen LogP contribution in [0.2, 0.25) is 0 Å². The fraction of sp³-hybridized carbons (Fsp3) is 0.640. The SMILES string of the molecule is CCCN(C(=O)C(CO)NC(=O)OC(C)(C)C)C(C(=O)NC(C)(C)C)c1cccc(C)c1C. The molecule has 0 spiro atoms. The van der Waals surface area contributed by atoms with E-state index in [9.17, 15) is 19.5 Å². The highest BCUT2D eigenvalue weighted by Crippen LogP contribution is 2.28. The van der Waals surface area contributed by atoms with Gasteiger partial charge in [-0.15, -0.1) is 0 Å². The van der Waals surface area contributed by atoms with Crippen molar-refractivity contribution >= 4 is 17.9 Å². The summed E-state index contributed by atoms with van der Waals surface area (Å²) < 4.78 is 5.24. The number of aliphatic hydroxyl groups excluding tert-OH is 1. The van der Waals surface area contributed by atoms with Crippen molar-refractivity contribution < 1.29 is 24.2 Å². The van der Waals surface area contributed by atoms with Crippen LogP contribution in [0.15, 0.2) is 18.2 Å². The van der Waals surface area contributed by atoms with Crippen LogP contribution in [-0.2, 0) is 14.3 Å². The molecular formula is C25H41N3O5. The first-order chi connectivity index (χ1) is 15.1. The zero-order valence-electron chi connectivity index (χ0n) is 21.5. The Bertz CT molecular complexity index is 839. The molecule has 0 aliphatic heterocycles. The van der Waals surface area contributed by atoms with Crippen LogP contribution in [0.4, 0.5) is 4.79 Å². The molecule has 0 saturated heterocycles. The topological polar surface area (TPSA) is 108 Å². The van der Waals surface area contributed by atoms with Crippen LogP contribution in [0.25, 0.3) is 0 Å². The number of carbonyl (C=O) groups is 3. The van der Waals surface area contributed by atoms with Gasteiger partial charge < -0.3 is 25.4 Å². The third-order valence-electron chi connectivity index (χ3n) is 4.92. The third-order valence-corrected chi connectivity index (χ3v) is 4.92. The first-order valence-electron chi connectivity index (χ1n) is 11.4. The van der Waals surface area contributed by atoms with Crippen molar-refractivity contribution in [1.82, 2.24) is 15.5 Å². The normalized spacial score (nSPS) is 13.6. The van der Waals surface area contributed by atoms with Gasteiger partial charge in [-0.2, -0.15) is 0 Å². The Morgan fingerprint density at radius 1 is 1.09 bits per heavy atom. The van der Waals surface area contributed by atoms with Crippen molar-refractivity contribution in [2.75, 3.05) is 13.2 Å². The lowest BCUT2D eigenvalue weighted by molar-refractivity contribution is -0.143. The summed E-state index contributed by atoms with van der Waals surface area (Å²) in [6.07, 6.45) is -0.228. The minimum absolute atomic E-state index is 0.265. The number of rotatable bonds is 8. The molecule has 0 heterocycles. The maximum atomic E-state index is 13.6. The standard InChI is InChI=1S/C25H41N3O5/c1-10-14-28(22(31)19(15-29)26-23(32)33-25(7,8)9)20(21(30)27-24(4,5)6)18-13-11-12-16(2)17(18)3/h11-13,19-20,29H,10,14-15H2,1-9H3,(H,26,32)(H,27,30). The fourth-order valence-corrected chi connectivity index (χ4v) is 3.40. The number of hydrogen-bond donors (Lipinski definition) is 3. The first-order valence-corrected chi connectivity index (χ1v) is 11.4. The Morgan fingerprint density at radius 3 is 2.18 bits per heavy atom. The molecule has 2 unspecified atom stereocenters. The Kier molecular flexibility index (Phi) is 9.90. The second-order valence-corrected chi connectivity index (χ2v) is 10.3. The van der Waals surface area contributed by atoms with E-state index in [4.69, 9.17) is 4.74 Å². The largest absolute Gasteiger partial charge is 0.444 e. The molecule has 3 amide bonds. The Labute approximate surface area is 198 Å². The molecule has 0 aliphatic carbocycles. The molecular weight excluding hydrogens is 422 g/mol. The number of benzene rings is 1. The van der Waals surface area contributed by atoms with Gasteiger partial charge in [0.1, 0.15) is 17.7 Å². The van der Waals surface area contributed by atoms with Crippen LogP contribution in [-0.4, -0.2) is 58.2 Å². The van der Waals surface area contributed by atoms with Gasteiger partial charge in [0.25, 0.3) is 0 Å². The van der Waals surface area contributed by atoms with Crippen LogP contribution < -0.4 is 10.6 Å². The van der Waals surface area contributed by atoms with Gasteiger partial charge in [0, 0.05) is 12.1 Å². The van der Waals surface area contributed by atoms with Gasteiger partial charge >= 0.3 is 6.09 Å². The van der Waals surface area contributed by atoms with Crippen LogP contribution in [0.1, 0.15) is 77.6 Å². The van der Waals surface area contributed by atoms with E-state index in [0.29, 0.717) is 12.0 Å². The lowest BCUT2D eigenvalue weighted by Crippen LogP contribution is -2.56. The number of aliphatic hydroxyl groups is 1. The zero-order valence-corrected chi connectivity index (χ0v) is 21.5. The highest BCUT2D eigenvalue weighted by atomic mass is 16.6. The van der Waals surface area contributed by atoms with Crippen molar-refractivity contribution in [3.63, 3.8) is 0 Å². The third kappa shape index (κ3) is 8.68. The molecule has 3 N–H and O–H groups in total. The Morgan fingerprint density at radius 2 is 1.70 bits per heavy atom. The van der Waals surface area contributed by atoms with Gasteiger partial charge in [-0.3, -0.25) is 9.59 Å². The summed E-state index contributed by atoms with van der Waals surface area (Å²) in [5.41, 5.74) is 1.33. The lowest BCUT2D eigenvalue weighted by atomic mass is 9.94. The summed E-state index contributed by atoms with van der Waals surface area (Å²) in [5, 5.41) is 15.3. The van der Waals surface area contributed by atoms with E-state index in [-0.39, 0.29) is 12.5 Å². The van der Waals surface area contributed by atoms with Gasteiger partial charge in [0.05, 0.1) is 6.61 Å². The fourth-order valence-electron chi connectivity index (χ4n) is 3.40. The minimum atomic E-state index is -1.25. The van der Waals surface area contributed by atoms with Gasteiger partial charge in [-0.25, -0.2) is 4.79 Å². The van der Waals surface area contributed by atoms with Gasteiger partial charge in [-0.05, 0) is 78.5 Å². The van der Waals surface area contributed by atoms with Gasteiger partial charge in [0.15, 0.2) is 0 Å². The van der Waals surface area contributed by atoms with Crippen LogP contribution in [0.5, 0.6) is 0 Å². The van der Waals surface area contributed by atoms with Crippen molar-refractivity contribution in [3.05, 3.63) is 34.9 Å². The maximum absolute atomic E-state index is 13.6. The number of amides is 3. The predicted octanol–water partition coefficient (Wildman–Crippen LogP) is 3.38. The molecule has 8 nitrogen and oxygen atoms in total. The summed E-state index contributed by atoms with van der Waals surface area (Å²) in [4.78, 5) is 40.8. The lowest BCUT2D eigenvalue weighted by Gasteiger charge is -2.36. The average molecular weight is 464 g/mol. The van der Waals surface area contributed by atoms with E-state index < -0.39 is 41.8 Å². The molecule has 0 aromatic heterocycles. The number of carbonyl (C=O) groups excluding carboxylic acids is 3. The molecule has 186 valence electrons. The Balaban J connectivity index is 3.45. The van der Waals surface area contributed by atoms with E-state index in [1.807, 2.05) is 59.7 Å². The van der Waals surface area contributed by atoms with Crippen LogP contribution in [0, 0.1) is 13.8 Å². The molecule has 0 fully saturated rings. The molecule has 8 heteroatoms. The van der Waals surface area contributed by atoms with Crippen molar-refractivity contribution in [2.45, 2.75) is 92.0 Å².